The summed E-state index contributed by atoms with van der Waals surface area (Å²) in [4.78, 5) is 0. The molecule has 0 aromatic rings. The number of allylic oxidation sites excluding steroid dienone is 1. The van der Waals surface area contributed by atoms with Crippen molar-refractivity contribution in [2.45, 2.75) is 25.9 Å². The van der Waals surface area contributed by atoms with Crippen LogP contribution in [0, 0.1) is 0 Å². The molecule has 3 nitrogen and oxygen atoms in total. The van der Waals surface area contributed by atoms with Gasteiger partial charge in [0.1, 0.15) is 18.1 Å². The highest BCUT2D eigenvalue weighted by atomic mass is 16.5. The molecule has 1 atom stereocenters. The summed E-state index contributed by atoms with van der Waals surface area (Å²) in [6.45, 7) is 2.22. The Morgan fingerprint density at radius 3 is 2.90 bits per heavy atom. The van der Waals surface area contributed by atoms with Crippen molar-refractivity contribution in [3.05, 3.63) is 11.5 Å². The van der Waals surface area contributed by atoms with Crippen molar-refractivity contribution in [1.82, 2.24) is 0 Å². The van der Waals surface area contributed by atoms with Gasteiger partial charge in [0.15, 0.2) is 0 Å². The van der Waals surface area contributed by atoms with Crippen molar-refractivity contribution in [3.63, 3.8) is 0 Å². The van der Waals surface area contributed by atoms with Crippen LogP contribution >= 0.6 is 0 Å². The van der Waals surface area contributed by atoms with Crippen LogP contribution in [0.5, 0.6) is 0 Å². The maximum atomic E-state index is 9.13. The molecule has 0 aliphatic carbocycles. The Hall–Kier alpha value is -0.700. The van der Waals surface area contributed by atoms with E-state index >= 15 is 0 Å². The van der Waals surface area contributed by atoms with E-state index in [1.807, 2.05) is 6.92 Å². The molecule has 3 heteroatoms. The van der Waals surface area contributed by atoms with Crippen molar-refractivity contribution in [2.24, 2.45) is 0 Å². The first-order chi connectivity index (χ1) is 4.74. The van der Waals surface area contributed by atoms with Gasteiger partial charge >= 0.3 is 0 Å². The topological polar surface area (TPSA) is 49.7 Å². The molecule has 0 spiro atoms. The monoisotopic (exact) mass is 144 g/mol. The summed E-state index contributed by atoms with van der Waals surface area (Å²) in [5.41, 5.74) is 0. The van der Waals surface area contributed by atoms with Gasteiger partial charge in [-0.25, -0.2) is 0 Å². The number of rotatable bonds is 1. The molecule has 10 heavy (non-hydrogen) atoms. The smallest absolute Gasteiger partial charge is 0.133 e. The van der Waals surface area contributed by atoms with Gasteiger partial charge in [-0.05, 0) is 0 Å². The second-order valence-electron chi connectivity index (χ2n) is 2.39. The molecular formula is C7H12O3. The third-order valence-corrected chi connectivity index (χ3v) is 1.52. The fraction of sp³-hybridized carbons (Fsp3) is 0.714. The Bertz CT molecular complexity index is 151. The minimum atomic E-state index is -0.532. The molecule has 0 radical (unpaired) electrons. The molecule has 0 aromatic heterocycles. The van der Waals surface area contributed by atoms with Crippen molar-refractivity contribution in [2.75, 3.05) is 6.61 Å². The summed E-state index contributed by atoms with van der Waals surface area (Å²) < 4.78 is 5.03. The van der Waals surface area contributed by atoms with E-state index in [0.717, 1.165) is 0 Å². The van der Waals surface area contributed by atoms with Crippen molar-refractivity contribution < 1.29 is 14.9 Å². The molecule has 1 unspecified atom stereocenters. The quantitative estimate of drug-likeness (QED) is 0.576. The molecule has 2 N–H and O–H groups in total. The first-order valence-corrected chi connectivity index (χ1v) is 3.46. The van der Waals surface area contributed by atoms with Crippen LogP contribution < -0.4 is 0 Å². The standard InChI is InChI=1S/C7H12O3/c1-2-7-6(9)3-5(8)4-10-7/h5,8-9H,2-4H2,1H3. The minimum absolute atomic E-state index is 0.196. The first-order valence-electron chi connectivity index (χ1n) is 3.46. The first kappa shape index (κ1) is 7.41. The van der Waals surface area contributed by atoms with Gasteiger partial charge in [-0.3, -0.25) is 0 Å². The molecule has 1 heterocycles. The Balaban J connectivity index is 2.61. The van der Waals surface area contributed by atoms with Crippen molar-refractivity contribution in [3.8, 4) is 0 Å². The molecule has 0 amide bonds. The van der Waals surface area contributed by atoms with E-state index in [4.69, 9.17) is 14.9 Å². The fourth-order valence-corrected chi connectivity index (χ4v) is 0.982. The van der Waals surface area contributed by atoms with Gasteiger partial charge < -0.3 is 14.9 Å². The van der Waals surface area contributed by atoms with Crippen LogP contribution in [0.15, 0.2) is 11.5 Å². The molecule has 0 saturated carbocycles. The van der Waals surface area contributed by atoms with E-state index in [0.29, 0.717) is 25.2 Å². The van der Waals surface area contributed by atoms with E-state index in [2.05, 4.69) is 0 Å². The van der Waals surface area contributed by atoms with E-state index in [9.17, 15) is 0 Å². The lowest BCUT2D eigenvalue weighted by atomic mass is 10.1. The lowest BCUT2D eigenvalue weighted by Crippen LogP contribution is -2.21. The maximum Gasteiger partial charge on any atom is 0.133 e. The fourth-order valence-electron chi connectivity index (χ4n) is 0.982. The molecule has 1 aliphatic heterocycles. The van der Waals surface area contributed by atoms with Crippen LogP contribution in [0.25, 0.3) is 0 Å². The number of aliphatic hydroxyl groups excluding tert-OH is 2. The zero-order chi connectivity index (χ0) is 7.56. The zero-order valence-electron chi connectivity index (χ0n) is 6.00. The normalized spacial score (nSPS) is 26.4. The Morgan fingerprint density at radius 2 is 2.40 bits per heavy atom. The number of ether oxygens (including phenoxy) is 1. The van der Waals surface area contributed by atoms with Gasteiger partial charge in [-0.1, -0.05) is 6.92 Å². The number of aliphatic hydroxyl groups is 2. The molecule has 0 aromatic carbocycles. The summed E-state index contributed by atoms with van der Waals surface area (Å²) in [5.74, 6) is 0.812. The van der Waals surface area contributed by atoms with Crippen LogP contribution in [0.1, 0.15) is 19.8 Å². The lowest BCUT2D eigenvalue weighted by Gasteiger charge is -2.20. The highest BCUT2D eigenvalue weighted by molar-refractivity contribution is 5.03. The zero-order valence-corrected chi connectivity index (χ0v) is 6.00. The Morgan fingerprint density at radius 1 is 1.70 bits per heavy atom. The second-order valence-corrected chi connectivity index (χ2v) is 2.39. The average Bonchev–Trinajstić information content (AvgIpc) is 1.88. The number of hydrogen-bond acceptors (Lipinski definition) is 3. The van der Waals surface area contributed by atoms with E-state index in [1.165, 1.54) is 0 Å². The van der Waals surface area contributed by atoms with Gasteiger partial charge in [-0.2, -0.15) is 0 Å². The van der Waals surface area contributed by atoms with Gasteiger partial charge in [-0.15, -0.1) is 0 Å². The third-order valence-electron chi connectivity index (χ3n) is 1.52. The Kier molecular flexibility index (Phi) is 2.17. The third kappa shape index (κ3) is 1.42. The van der Waals surface area contributed by atoms with Crippen LogP contribution in [0.2, 0.25) is 0 Å². The molecule has 0 fully saturated rings. The molecule has 58 valence electrons. The predicted molar refractivity (Wildman–Crippen MR) is 36.5 cm³/mol. The van der Waals surface area contributed by atoms with E-state index < -0.39 is 6.10 Å². The van der Waals surface area contributed by atoms with Crippen molar-refractivity contribution in [1.29, 1.82) is 0 Å². The summed E-state index contributed by atoms with van der Waals surface area (Å²) in [7, 11) is 0. The van der Waals surface area contributed by atoms with Crippen molar-refractivity contribution >= 4 is 0 Å². The van der Waals surface area contributed by atoms with Crippen LogP contribution in [0.4, 0.5) is 0 Å². The summed E-state index contributed by atoms with van der Waals surface area (Å²) in [6, 6.07) is 0. The van der Waals surface area contributed by atoms with Gasteiger partial charge in [0.25, 0.3) is 0 Å². The van der Waals surface area contributed by atoms with Gasteiger partial charge in [0.05, 0.1) is 6.10 Å². The van der Waals surface area contributed by atoms with Gasteiger partial charge in [0.2, 0.25) is 0 Å². The number of hydrogen-bond donors (Lipinski definition) is 2. The highest BCUT2D eigenvalue weighted by Gasteiger charge is 2.18. The minimum Gasteiger partial charge on any atom is -0.509 e. The van der Waals surface area contributed by atoms with Crippen LogP contribution in [-0.2, 0) is 4.74 Å². The highest BCUT2D eigenvalue weighted by Crippen LogP contribution is 2.18. The molecule has 1 aliphatic rings. The largest absolute Gasteiger partial charge is 0.509 e. The molecular weight excluding hydrogens is 132 g/mol. The molecule has 0 bridgehead atoms. The molecule has 1 rings (SSSR count). The van der Waals surface area contributed by atoms with Gasteiger partial charge in [0, 0.05) is 12.8 Å². The van der Waals surface area contributed by atoms with E-state index in [-0.39, 0.29) is 5.76 Å². The average molecular weight is 144 g/mol. The summed E-state index contributed by atoms with van der Waals surface area (Å²) in [5, 5.41) is 18.1. The predicted octanol–water partition coefficient (Wildman–Crippen LogP) is 0.947. The Labute approximate surface area is 59.9 Å². The summed E-state index contributed by atoms with van der Waals surface area (Å²) >= 11 is 0. The lowest BCUT2D eigenvalue weighted by molar-refractivity contribution is 0.0321. The summed E-state index contributed by atoms with van der Waals surface area (Å²) in [6.07, 6.45) is 0.497. The SMILES string of the molecule is CCC1=C(O)CC(O)CO1. The molecule has 0 saturated heterocycles. The second kappa shape index (κ2) is 2.92. The maximum absolute atomic E-state index is 9.13. The van der Waals surface area contributed by atoms with E-state index in [1.54, 1.807) is 0 Å². The van der Waals surface area contributed by atoms with Crippen LogP contribution in [0.3, 0.4) is 0 Å². The van der Waals surface area contributed by atoms with Crippen LogP contribution in [-0.4, -0.2) is 22.9 Å².